The molecule has 346 valence electrons. The highest BCUT2D eigenvalue weighted by Gasteiger charge is 2.47. The minimum atomic E-state index is -0.542. The van der Waals surface area contributed by atoms with E-state index in [1.807, 2.05) is 0 Å². The van der Waals surface area contributed by atoms with Gasteiger partial charge in [0.15, 0.2) is 0 Å². The maximum Gasteiger partial charge on any atom is 0.0714 e. The first-order valence-electron chi connectivity index (χ1n) is 25.7. The number of anilines is 3. The van der Waals surface area contributed by atoms with Crippen LogP contribution in [0.5, 0.6) is 0 Å². The Morgan fingerprint density at radius 1 is 0.230 bits per heavy atom. The molecule has 0 atom stereocenters. The van der Waals surface area contributed by atoms with Gasteiger partial charge in [0.1, 0.15) is 0 Å². The SMILES string of the molecule is c1ccc(-c2ccc(N(c3ccc(-c4ccc5c(c4)c(-c4ccccc4)c(-c4ccccc4)c4ccccc45)cc3)c3cccc4c3-c3ccccc3C4(c3ccccc3)c3ccccc3)c3ccccc23)cc1. The Bertz CT molecular complexity index is 4160. The van der Waals surface area contributed by atoms with Crippen LogP contribution in [0.1, 0.15) is 22.3 Å². The average Bonchev–Trinajstić information content (AvgIpc) is 3.87. The monoisotopic (exact) mass is 939 g/mol. The molecule has 1 aliphatic rings. The van der Waals surface area contributed by atoms with Crippen molar-refractivity contribution in [3.05, 3.63) is 320 Å². The molecule has 0 spiro atoms. The van der Waals surface area contributed by atoms with Gasteiger partial charge in [-0.1, -0.05) is 267 Å². The minimum Gasteiger partial charge on any atom is -0.309 e. The van der Waals surface area contributed by atoms with Crippen LogP contribution in [0.4, 0.5) is 17.1 Å². The Kier molecular flexibility index (Phi) is 10.5. The van der Waals surface area contributed by atoms with Crippen LogP contribution in [0.2, 0.25) is 0 Å². The van der Waals surface area contributed by atoms with Gasteiger partial charge in [-0.05, 0) is 130 Å². The molecular formula is C73H49N. The molecule has 0 unspecified atom stereocenters. The molecule has 0 saturated heterocycles. The van der Waals surface area contributed by atoms with Crippen LogP contribution in [-0.2, 0) is 5.41 Å². The molecule has 14 rings (SSSR count). The van der Waals surface area contributed by atoms with Crippen molar-refractivity contribution in [3.8, 4) is 55.6 Å². The molecule has 0 bridgehead atoms. The first-order chi connectivity index (χ1) is 36.8. The third kappa shape index (κ3) is 6.85. The topological polar surface area (TPSA) is 3.24 Å². The summed E-state index contributed by atoms with van der Waals surface area (Å²) in [6.07, 6.45) is 0. The average molecular weight is 940 g/mol. The van der Waals surface area contributed by atoms with E-state index in [1.54, 1.807) is 0 Å². The van der Waals surface area contributed by atoms with Crippen LogP contribution < -0.4 is 4.90 Å². The van der Waals surface area contributed by atoms with Crippen LogP contribution in [0.15, 0.2) is 297 Å². The first-order valence-corrected chi connectivity index (χ1v) is 25.7. The van der Waals surface area contributed by atoms with Gasteiger partial charge < -0.3 is 4.90 Å². The first kappa shape index (κ1) is 43.2. The lowest BCUT2D eigenvalue weighted by molar-refractivity contribution is 0.768. The second-order valence-corrected chi connectivity index (χ2v) is 19.4. The van der Waals surface area contributed by atoms with Gasteiger partial charge in [0.25, 0.3) is 0 Å². The molecule has 0 N–H and O–H groups in total. The lowest BCUT2D eigenvalue weighted by Gasteiger charge is -2.34. The summed E-state index contributed by atoms with van der Waals surface area (Å²) >= 11 is 0. The molecule has 1 heteroatoms. The zero-order chi connectivity index (χ0) is 49.0. The van der Waals surface area contributed by atoms with Gasteiger partial charge in [-0.25, -0.2) is 0 Å². The molecule has 74 heavy (non-hydrogen) atoms. The zero-order valence-corrected chi connectivity index (χ0v) is 40.7. The van der Waals surface area contributed by atoms with E-state index >= 15 is 0 Å². The lowest BCUT2D eigenvalue weighted by atomic mass is 9.68. The van der Waals surface area contributed by atoms with Gasteiger partial charge in [-0.3, -0.25) is 0 Å². The predicted octanol–water partition coefficient (Wildman–Crippen LogP) is 19.6. The largest absolute Gasteiger partial charge is 0.309 e. The number of fused-ring (bicyclic) bond motifs is 7. The summed E-state index contributed by atoms with van der Waals surface area (Å²) in [5, 5.41) is 7.39. The predicted molar refractivity (Wildman–Crippen MR) is 313 cm³/mol. The van der Waals surface area contributed by atoms with E-state index in [-0.39, 0.29) is 0 Å². The molecule has 13 aromatic rings. The van der Waals surface area contributed by atoms with E-state index in [0.717, 1.165) is 22.6 Å². The second kappa shape index (κ2) is 17.9. The summed E-state index contributed by atoms with van der Waals surface area (Å²) < 4.78 is 0. The van der Waals surface area contributed by atoms with Crippen molar-refractivity contribution >= 4 is 49.4 Å². The molecule has 0 fully saturated rings. The molecule has 0 radical (unpaired) electrons. The number of hydrogen-bond donors (Lipinski definition) is 0. The standard InChI is InChI=1S/C73H49N/c1-6-23-51(24-7-1)58-47-48-68(62-35-18-16-33-59(58)62)74(69-40-22-39-67-72(69)64-37-20-21-38-66(64)73(67,55-29-12-4-13-30-55)56-31-14-5-15-32-56)57-44-41-50(42-45-57)54-43-46-61-60-34-17-19-36-63(60)70(52-25-8-2-9-26-52)71(65(61)49-54)53-27-10-3-11-28-53/h1-49H. The van der Waals surface area contributed by atoms with E-state index in [4.69, 9.17) is 0 Å². The number of benzene rings is 13. The van der Waals surface area contributed by atoms with Crippen LogP contribution >= 0.6 is 0 Å². The summed E-state index contributed by atoms with van der Waals surface area (Å²) in [6, 6.07) is 110. The van der Waals surface area contributed by atoms with Gasteiger partial charge >= 0.3 is 0 Å². The van der Waals surface area contributed by atoms with Crippen LogP contribution in [0.25, 0.3) is 88.0 Å². The summed E-state index contributed by atoms with van der Waals surface area (Å²) in [7, 11) is 0. The van der Waals surface area contributed by atoms with E-state index in [1.165, 1.54) is 105 Å². The highest BCUT2D eigenvalue weighted by molar-refractivity contribution is 6.22. The molecule has 0 heterocycles. The van der Waals surface area contributed by atoms with Crippen LogP contribution in [0, 0.1) is 0 Å². The van der Waals surface area contributed by atoms with Crippen molar-refractivity contribution in [2.45, 2.75) is 5.41 Å². The van der Waals surface area contributed by atoms with E-state index in [9.17, 15) is 0 Å². The third-order valence-electron chi connectivity index (χ3n) is 15.5. The fourth-order valence-electron chi connectivity index (χ4n) is 12.4. The maximum atomic E-state index is 2.52. The van der Waals surface area contributed by atoms with E-state index in [2.05, 4.69) is 302 Å². The fourth-order valence-corrected chi connectivity index (χ4v) is 12.4. The van der Waals surface area contributed by atoms with Crippen molar-refractivity contribution in [1.29, 1.82) is 0 Å². The van der Waals surface area contributed by atoms with Gasteiger partial charge in [-0.2, -0.15) is 0 Å². The Balaban J connectivity index is 1.00. The smallest absolute Gasteiger partial charge is 0.0714 e. The van der Waals surface area contributed by atoms with Crippen LogP contribution in [0.3, 0.4) is 0 Å². The Labute approximate surface area is 432 Å². The fraction of sp³-hybridized carbons (Fsp3) is 0.0137. The second-order valence-electron chi connectivity index (χ2n) is 19.4. The quantitative estimate of drug-likeness (QED) is 0.130. The number of nitrogens with zero attached hydrogens (tertiary/aromatic N) is 1. The van der Waals surface area contributed by atoms with Crippen LogP contribution in [-0.4, -0.2) is 0 Å². The zero-order valence-electron chi connectivity index (χ0n) is 40.7. The highest BCUT2D eigenvalue weighted by Crippen LogP contribution is 2.60. The van der Waals surface area contributed by atoms with E-state index in [0.29, 0.717) is 0 Å². The van der Waals surface area contributed by atoms with Crippen molar-refractivity contribution in [2.75, 3.05) is 4.90 Å². The van der Waals surface area contributed by atoms with Gasteiger partial charge in [0, 0.05) is 16.6 Å². The molecule has 13 aromatic carbocycles. The third-order valence-corrected chi connectivity index (χ3v) is 15.5. The summed E-state index contributed by atoms with van der Waals surface area (Å²) in [5.74, 6) is 0. The van der Waals surface area contributed by atoms with Crippen molar-refractivity contribution in [1.82, 2.24) is 0 Å². The van der Waals surface area contributed by atoms with Crippen molar-refractivity contribution in [2.24, 2.45) is 0 Å². The summed E-state index contributed by atoms with van der Waals surface area (Å²) in [4.78, 5) is 2.52. The molecule has 0 aromatic heterocycles. The Morgan fingerprint density at radius 3 is 1.36 bits per heavy atom. The maximum absolute atomic E-state index is 2.52. The molecule has 0 aliphatic heterocycles. The number of hydrogen-bond acceptors (Lipinski definition) is 1. The van der Waals surface area contributed by atoms with Crippen molar-refractivity contribution in [3.63, 3.8) is 0 Å². The normalized spacial score (nSPS) is 12.4. The van der Waals surface area contributed by atoms with Gasteiger partial charge in [0.2, 0.25) is 0 Å². The van der Waals surface area contributed by atoms with Gasteiger partial charge in [0.05, 0.1) is 16.8 Å². The number of rotatable bonds is 9. The minimum absolute atomic E-state index is 0.542. The molecule has 1 aliphatic carbocycles. The highest BCUT2D eigenvalue weighted by atomic mass is 15.1. The molecular weight excluding hydrogens is 891 g/mol. The van der Waals surface area contributed by atoms with E-state index < -0.39 is 5.41 Å². The Hall–Kier alpha value is -9.56. The van der Waals surface area contributed by atoms with Gasteiger partial charge in [-0.15, -0.1) is 0 Å². The molecule has 1 nitrogen and oxygen atoms in total. The molecule has 0 saturated carbocycles. The lowest BCUT2D eigenvalue weighted by Crippen LogP contribution is -2.28. The molecule has 0 amide bonds. The van der Waals surface area contributed by atoms with Crippen molar-refractivity contribution < 1.29 is 0 Å². The summed E-state index contributed by atoms with van der Waals surface area (Å²) in [5.41, 5.74) is 20.0. The Morgan fingerprint density at radius 2 is 0.716 bits per heavy atom. The summed E-state index contributed by atoms with van der Waals surface area (Å²) in [6.45, 7) is 0.